The summed E-state index contributed by atoms with van der Waals surface area (Å²) in [6.07, 6.45) is 7.88. The predicted octanol–water partition coefficient (Wildman–Crippen LogP) is 2.93. The standard InChI is InChI=1S/C12H14N2/c1-2-9-7-10-5-6-14(11-3-4-11)12(10)13-8-9/h5-8,11H,2-4H2,1H3. The molecule has 1 aliphatic rings. The van der Waals surface area contributed by atoms with Crippen molar-refractivity contribution in [3.8, 4) is 0 Å². The molecule has 0 amide bonds. The predicted molar refractivity (Wildman–Crippen MR) is 57.4 cm³/mol. The number of rotatable bonds is 2. The molecule has 0 N–H and O–H groups in total. The van der Waals surface area contributed by atoms with Crippen LogP contribution in [0.5, 0.6) is 0 Å². The van der Waals surface area contributed by atoms with Crippen molar-refractivity contribution in [3.63, 3.8) is 0 Å². The van der Waals surface area contributed by atoms with Gasteiger partial charge in [0.2, 0.25) is 0 Å². The zero-order valence-corrected chi connectivity index (χ0v) is 8.40. The molecule has 72 valence electrons. The number of nitrogens with zero attached hydrogens (tertiary/aromatic N) is 2. The van der Waals surface area contributed by atoms with Gasteiger partial charge in [0.1, 0.15) is 5.65 Å². The van der Waals surface area contributed by atoms with Gasteiger partial charge in [0.05, 0.1) is 0 Å². The highest BCUT2D eigenvalue weighted by atomic mass is 15.1. The van der Waals surface area contributed by atoms with E-state index in [-0.39, 0.29) is 0 Å². The number of fused-ring (bicyclic) bond motifs is 1. The van der Waals surface area contributed by atoms with E-state index in [1.807, 2.05) is 6.20 Å². The SMILES string of the molecule is CCc1cnc2c(ccn2C2CC2)c1. The molecule has 14 heavy (non-hydrogen) atoms. The van der Waals surface area contributed by atoms with Crippen molar-refractivity contribution in [3.05, 3.63) is 30.1 Å². The van der Waals surface area contributed by atoms with E-state index < -0.39 is 0 Å². The Morgan fingerprint density at radius 1 is 1.50 bits per heavy atom. The van der Waals surface area contributed by atoms with Crippen LogP contribution in [-0.4, -0.2) is 9.55 Å². The Morgan fingerprint density at radius 2 is 2.36 bits per heavy atom. The molecule has 0 bridgehead atoms. The lowest BCUT2D eigenvalue weighted by Crippen LogP contribution is -1.93. The van der Waals surface area contributed by atoms with Crippen LogP contribution in [0.1, 0.15) is 31.4 Å². The van der Waals surface area contributed by atoms with Gasteiger partial charge in [0, 0.05) is 23.8 Å². The molecule has 2 nitrogen and oxygen atoms in total. The van der Waals surface area contributed by atoms with Gasteiger partial charge in [-0.1, -0.05) is 6.92 Å². The third-order valence-electron chi connectivity index (χ3n) is 2.96. The molecule has 2 aromatic heterocycles. The van der Waals surface area contributed by atoms with Gasteiger partial charge >= 0.3 is 0 Å². The molecule has 1 aliphatic carbocycles. The normalized spacial score (nSPS) is 16.4. The second-order valence-electron chi connectivity index (χ2n) is 4.06. The van der Waals surface area contributed by atoms with Crippen LogP contribution >= 0.6 is 0 Å². The Labute approximate surface area is 83.6 Å². The second-order valence-corrected chi connectivity index (χ2v) is 4.06. The first kappa shape index (κ1) is 8.04. The minimum absolute atomic E-state index is 0.729. The van der Waals surface area contributed by atoms with Crippen LogP contribution in [0.4, 0.5) is 0 Å². The molecule has 0 saturated heterocycles. The van der Waals surface area contributed by atoms with Crippen molar-refractivity contribution in [2.24, 2.45) is 0 Å². The summed E-state index contributed by atoms with van der Waals surface area (Å²) >= 11 is 0. The Balaban J connectivity index is 2.17. The van der Waals surface area contributed by atoms with Crippen LogP contribution in [0.2, 0.25) is 0 Å². The Hall–Kier alpha value is -1.31. The highest BCUT2D eigenvalue weighted by Crippen LogP contribution is 2.37. The number of hydrogen-bond acceptors (Lipinski definition) is 1. The van der Waals surface area contributed by atoms with Gasteiger partial charge in [0.25, 0.3) is 0 Å². The number of hydrogen-bond donors (Lipinski definition) is 0. The van der Waals surface area contributed by atoms with Crippen LogP contribution in [-0.2, 0) is 6.42 Å². The molecule has 1 saturated carbocycles. The fraction of sp³-hybridized carbons (Fsp3) is 0.417. The lowest BCUT2D eigenvalue weighted by Gasteiger charge is -2.01. The Bertz CT molecular complexity index is 466. The lowest BCUT2D eigenvalue weighted by molar-refractivity contribution is 0.766. The summed E-state index contributed by atoms with van der Waals surface area (Å²) in [5.41, 5.74) is 2.48. The van der Waals surface area contributed by atoms with Crippen LogP contribution in [0.15, 0.2) is 24.5 Å². The van der Waals surface area contributed by atoms with Gasteiger partial charge in [-0.3, -0.25) is 0 Å². The van der Waals surface area contributed by atoms with Crippen molar-refractivity contribution in [1.29, 1.82) is 0 Å². The minimum Gasteiger partial charge on any atom is -0.329 e. The van der Waals surface area contributed by atoms with Crippen LogP contribution in [0.3, 0.4) is 0 Å². The van der Waals surface area contributed by atoms with Gasteiger partial charge in [-0.2, -0.15) is 0 Å². The topological polar surface area (TPSA) is 17.8 Å². The summed E-state index contributed by atoms with van der Waals surface area (Å²) in [7, 11) is 0. The van der Waals surface area contributed by atoms with Crippen molar-refractivity contribution in [2.75, 3.05) is 0 Å². The minimum atomic E-state index is 0.729. The Kier molecular flexibility index (Phi) is 1.63. The van der Waals surface area contributed by atoms with E-state index in [2.05, 4.69) is 34.8 Å². The summed E-state index contributed by atoms with van der Waals surface area (Å²) in [5.74, 6) is 0. The first-order chi connectivity index (χ1) is 6.88. The van der Waals surface area contributed by atoms with E-state index in [0.29, 0.717) is 0 Å². The molecule has 0 radical (unpaired) electrons. The molecular formula is C12H14N2. The van der Waals surface area contributed by atoms with E-state index in [1.165, 1.54) is 23.8 Å². The number of pyridine rings is 1. The molecule has 0 unspecified atom stereocenters. The zero-order valence-electron chi connectivity index (χ0n) is 8.40. The first-order valence-electron chi connectivity index (χ1n) is 5.34. The van der Waals surface area contributed by atoms with Crippen molar-refractivity contribution < 1.29 is 0 Å². The zero-order chi connectivity index (χ0) is 9.54. The molecule has 2 aromatic rings. The van der Waals surface area contributed by atoms with E-state index in [1.54, 1.807) is 0 Å². The van der Waals surface area contributed by atoms with Gasteiger partial charge in [0.15, 0.2) is 0 Å². The van der Waals surface area contributed by atoms with E-state index in [0.717, 1.165) is 18.1 Å². The first-order valence-corrected chi connectivity index (χ1v) is 5.34. The average molecular weight is 186 g/mol. The molecule has 3 rings (SSSR count). The van der Waals surface area contributed by atoms with E-state index in [4.69, 9.17) is 0 Å². The third-order valence-corrected chi connectivity index (χ3v) is 2.96. The van der Waals surface area contributed by atoms with E-state index in [9.17, 15) is 0 Å². The van der Waals surface area contributed by atoms with E-state index >= 15 is 0 Å². The summed E-state index contributed by atoms with van der Waals surface area (Å²) in [4.78, 5) is 4.54. The molecule has 0 aromatic carbocycles. The maximum Gasteiger partial charge on any atom is 0.140 e. The highest BCUT2D eigenvalue weighted by Gasteiger charge is 2.24. The highest BCUT2D eigenvalue weighted by molar-refractivity contribution is 5.76. The van der Waals surface area contributed by atoms with Crippen LogP contribution in [0.25, 0.3) is 11.0 Å². The summed E-state index contributed by atoms with van der Waals surface area (Å²) in [5, 5.41) is 1.29. The molecule has 0 aliphatic heterocycles. The van der Waals surface area contributed by atoms with Crippen molar-refractivity contribution >= 4 is 11.0 Å². The quantitative estimate of drug-likeness (QED) is 0.705. The molecule has 2 heteroatoms. The Morgan fingerprint density at radius 3 is 3.07 bits per heavy atom. The molecular weight excluding hydrogens is 172 g/mol. The van der Waals surface area contributed by atoms with Gasteiger partial charge < -0.3 is 4.57 Å². The largest absolute Gasteiger partial charge is 0.329 e. The number of aromatic nitrogens is 2. The van der Waals surface area contributed by atoms with Crippen LogP contribution < -0.4 is 0 Å². The summed E-state index contributed by atoms with van der Waals surface area (Å²) < 4.78 is 2.31. The maximum atomic E-state index is 4.54. The summed E-state index contributed by atoms with van der Waals surface area (Å²) in [6, 6.07) is 5.16. The molecule has 0 spiro atoms. The number of aryl methyl sites for hydroxylation is 1. The van der Waals surface area contributed by atoms with Gasteiger partial charge in [-0.25, -0.2) is 4.98 Å². The smallest absolute Gasteiger partial charge is 0.140 e. The monoisotopic (exact) mass is 186 g/mol. The van der Waals surface area contributed by atoms with Gasteiger partial charge in [-0.05, 0) is 37.0 Å². The fourth-order valence-corrected chi connectivity index (χ4v) is 1.93. The molecule has 0 atom stereocenters. The third kappa shape index (κ3) is 1.14. The lowest BCUT2D eigenvalue weighted by atomic mass is 10.2. The maximum absolute atomic E-state index is 4.54. The average Bonchev–Trinajstić information content (AvgIpc) is 2.98. The van der Waals surface area contributed by atoms with Crippen molar-refractivity contribution in [2.45, 2.75) is 32.2 Å². The van der Waals surface area contributed by atoms with Gasteiger partial charge in [-0.15, -0.1) is 0 Å². The molecule has 1 fully saturated rings. The van der Waals surface area contributed by atoms with Crippen LogP contribution in [0, 0.1) is 0 Å². The summed E-state index contributed by atoms with van der Waals surface area (Å²) in [6.45, 7) is 2.17. The second kappa shape index (κ2) is 2.84. The molecule has 2 heterocycles. The fourth-order valence-electron chi connectivity index (χ4n) is 1.93. The van der Waals surface area contributed by atoms with Crippen molar-refractivity contribution in [1.82, 2.24) is 9.55 Å².